The Balaban J connectivity index is 2.45. The van der Waals surface area contributed by atoms with Gasteiger partial charge in [-0.15, -0.1) is 0 Å². The molecule has 0 aliphatic rings. The van der Waals surface area contributed by atoms with Gasteiger partial charge in [0.15, 0.2) is 0 Å². The number of hydrogen-bond acceptors (Lipinski definition) is 2. The molecule has 2 nitrogen and oxygen atoms in total. The molecule has 0 bridgehead atoms. The summed E-state index contributed by atoms with van der Waals surface area (Å²) in [6.45, 7) is 3.45. The Morgan fingerprint density at radius 1 is 1.09 bits per heavy atom. The second-order valence-corrected chi connectivity index (χ2v) is 2.24. The first-order chi connectivity index (χ1) is 5.43. The highest BCUT2D eigenvalue weighted by atomic mass is 15.1. The van der Waals surface area contributed by atoms with Gasteiger partial charge in [0.1, 0.15) is 0 Å². The monoisotopic (exact) mass is 148 g/mol. The van der Waals surface area contributed by atoms with Crippen LogP contribution in [0, 0.1) is 0 Å². The number of azo groups is 1. The fourth-order valence-corrected chi connectivity index (χ4v) is 0.815. The van der Waals surface area contributed by atoms with Crippen LogP contribution in [-0.2, 0) is 6.54 Å². The maximum absolute atomic E-state index is 3.99. The lowest BCUT2D eigenvalue weighted by molar-refractivity contribution is 0.876. The number of benzene rings is 1. The standard InChI is InChI=1S/C9H12N2/c1-2-10-11-8-9-6-4-3-5-7-9/h3-7H,2,8H2,1H3. The maximum atomic E-state index is 3.99. The Kier molecular flexibility index (Phi) is 3.32. The number of hydrogen-bond donors (Lipinski definition) is 0. The maximum Gasteiger partial charge on any atom is 0.0849 e. The van der Waals surface area contributed by atoms with Crippen LogP contribution < -0.4 is 0 Å². The Morgan fingerprint density at radius 2 is 1.82 bits per heavy atom. The summed E-state index contributed by atoms with van der Waals surface area (Å²) in [6.07, 6.45) is 0. The third-order valence-electron chi connectivity index (χ3n) is 1.34. The van der Waals surface area contributed by atoms with Crippen LogP contribution in [0.1, 0.15) is 12.5 Å². The van der Waals surface area contributed by atoms with Gasteiger partial charge in [-0.3, -0.25) is 0 Å². The van der Waals surface area contributed by atoms with Crippen LogP contribution in [0.5, 0.6) is 0 Å². The van der Waals surface area contributed by atoms with E-state index in [1.807, 2.05) is 25.1 Å². The highest BCUT2D eigenvalue weighted by Crippen LogP contribution is 1.99. The molecule has 0 amide bonds. The lowest BCUT2D eigenvalue weighted by atomic mass is 10.2. The van der Waals surface area contributed by atoms with Gasteiger partial charge in [-0.1, -0.05) is 30.3 Å². The lowest BCUT2D eigenvalue weighted by Crippen LogP contribution is -1.78. The SMILES string of the molecule is CCN=NCc1ccccc1. The second kappa shape index (κ2) is 4.61. The van der Waals surface area contributed by atoms with Gasteiger partial charge in [0, 0.05) is 0 Å². The topological polar surface area (TPSA) is 24.7 Å². The minimum atomic E-state index is 0.703. The van der Waals surface area contributed by atoms with Crippen molar-refractivity contribution >= 4 is 0 Å². The number of rotatable bonds is 3. The largest absolute Gasteiger partial charge is 0.194 e. The molecule has 2 heteroatoms. The molecule has 0 unspecified atom stereocenters. The zero-order valence-electron chi connectivity index (χ0n) is 6.70. The third-order valence-corrected chi connectivity index (χ3v) is 1.34. The summed E-state index contributed by atoms with van der Waals surface area (Å²) >= 11 is 0. The molecular formula is C9H12N2. The van der Waals surface area contributed by atoms with Crippen LogP contribution in [0.4, 0.5) is 0 Å². The van der Waals surface area contributed by atoms with Gasteiger partial charge in [0.25, 0.3) is 0 Å². The molecule has 0 N–H and O–H groups in total. The predicted octanol–water partition coefficient (Wildman–Crippen LogP) is 2.66. The number of nitrogens with zero attached hydrogens (tertiary/aromatic N) is 2. The van der Waals surface area contributed by atoms with Crippen molar-refractivity contribution in [1.82, 2.24) is 0 Å². The molecule has 0 spiro atoms. The van der Waals surface area contributed by atoms with Crippen LogP contribution >= 0.6 is 0 Å². The first kappa shape index (κ1) is 7.92. The fourth-order valence-electron chi connectivity index (χ4n) is 0.815. The van der Waals surface area contributed by atoms with Crippen LogP contribution in [-0.4, -0.2) is 6.54 Å². The van der Waals surface area contributed by atoms with Crippen LogP contribution in [0.2, 0.25) is 0 Å². The highest BCUT2D eigenvalue weighted by Gasteiger charge is 1.85. The quantitative estimate of drug-likeness (QED) is 0.589. The van der Waals surface area contributed by atoms with E-state index < -0.39 is 0 Å². The molecule has 0 saturated carbocycles. The molecule has 0 fully saturated rings. The van der Waals surface area contributed by atoms with Crippen LogP contribution in [0.15, 0.2) is 40.6 Å². The molecular weight excluding hydrogens is 136 g/mol. The molecule has 0 atom stereocenters. The summed E-state index contributed by atoms with van der Waals surface area (Å²) < 4.78 is 0. The molecule has 1 rings (SSSR count). The molecule has 58 valence electrons. The van der Waals surface area contributed by atoms with E-state index in [9.17, 15) is 0 Å². The van der Waals surface area contributed by atoms with Gasteiger partial charge < -0.3 is 0 Å². The van der Waals surface area contributed by atoms with Crippen molar-refractivity contribution in [3.8, 4) is 0 Å². The zero-order chi connectivity index (χ0) is 7.94. The van der Waals surface area contributed by atoms with Crippen molar-refractivity contribution in [2.24, 2.45) is 10.2 Å². The molecule has 0 saturated heterocycles. The minimum absolute atomic E-state index is 0.703. The van der Waals surface area contributed by atoms with Crippen molar-refractivity contribution in [3.63, 3.8) is 0 Å². The van der Waals surface area contributed by atoms with E-state index in [1.165, 1.54) is 5.56 Å². The van der Waals surface area contributed by atoms with Crippen molar-refractivity contribution < 1.29 is 0 Å². The Morgan fingerprint density at radius 3 is 2.45 bits per heavy atom. The summed E-state index contributed by atoms with van der Waals surface area (Å²) in [5.41, 5.74) is 1.21. The predicted molar refractivity (Wildman–Crippen MR) is 45.5 cm³/mol. The molecule has 1 aromatic carbocycles. The van der Waals surface area contributed by atoms with Crippen molar-refractivity contribution in [3.05, 3.63) is 35.9 Å². The minimum Gasteiger partial charge on any atom is -0.194 e. The van der Waals surface area contributed by atoms with E-state index >= 15 is 0 Å². The molecule has 0 aliphatic heterocycles. The first-order valence-corrected chi connectivity index (χ1v) is 3.80. The van der Waals surface area contributed by atoms with Gasteiger partial charge >= 0.3 is 0 Å². The molecule has 1 aromatic rings. The molecule has 11 heavy (non-hydrogen) atoms. The Labute approximate surface area is 67.0 Å². The summed E-state index contributed by atoms with van der Waals surface area (Å²) in [7, 11) is 0. The molecule has 0 heterocycles. The van der Waals surface area contributed by atoms with Crippen LogP contribution in [0.25, 0.3) is 0 Å². The Bertz CT molecular complexity index is 216. The zero-order valence-corrected chi connectivity index (χ0v) is 6.70. The normalized spacial score (nSPS) is 10.6. The average Bonchev–Trinajstić information content (AvgIpc) is 2.07. The van der Waals surface area contributed by atoms with E-state index in [0.29, 0.717) is 6.54 Å². The van der Waals surface area contributed by atoms with Crippen molar-refractivity contribution in [2.75, 3.05) is 6.54 Å². The van der Waals surface area contributed by atoms with Gasteiger partial charge in [0.2, 0.25) is 0 Å². The van der Waals surface area contributed by atoms with E-state index in [4.69, 9.17) is 0 Å². The Hall–Kier alpha value is -1.18. The lowest BCUT2D eigenvalue weighted by Gasteiger charge is -1.91. The van der Waals surface area contributed by atoms with Crippen molar-refractivity contribution in [2.45, 2.75) is 13.5 Å². The van der Waals surface area contributed by atoms with Gasteiger partial charge in [-0.25, -0.2) is 0 Å². The van der Waals surface area contributed by atoms with E-state index in [1.54, 1.807) is 0 Å². The smallest absolute Gasteiger partial charge is 0.0849 e. The van der Waals surface area contributed by atoms with Gasteiger partial charge in [-0.2, -0.15) is 10.2 Å². The summed E-state index contributed by atoms with van der Waals surface area (Å²) in [4.78, 5) is 0. The summed E-state index contributed by atoms with van der Waals surface area (Å²) in [5, 5.41) is 7.88. The van der Waals surface area contributed by atoms with Crippen LogP contribution in [0.3, 0.4) is 0 Å². The van der Waals surface area contributed by atoms with E-state index in [0.717, 1.165) is 6.54 Å². The highest BCUT2D eigenvalue weighted by molar-refractivity contribution is 5.13. The second-order valence-electron chi connectivity index (χ2n) is 2.24. The third kappa shape index (κ3) is 2.94. The fraction of sp³-hybridized carbons (Fsp3) is 0.333. The van der Waals surface area contributed by atoms with Gasteiger partial charge in [0.05, 0.1) is 13.1 Å². The van der Waals surface area contributed by atoms with Crippen molar-refractivity contribution in [1.29, 1.82) is 0 Å². The van der Waals surface area contributed by atoms with E-state index in [2.05, 4.69) is 22.4 Å². The van der Waals surface area contributed by atoms with Gasteiger partial charge in [-0.05, 0) is 12.5 Å². The summed E-state index contributed by atoms with van der Waals surface area (Å²) in [5.74, 6) is 0. The molecule has 0 aliphatic carbocycles. The van der Waals surface area contributed by atoms with E-state index in [-0.39, 0.29) is 0 Å². The molecule has 0 radical (unpaired) electrons. The molecule has 0 aromatic heterocycles. The first-order valence-electron chi connectivity index (χ1n) is 3.80. The summed E-state index contributed by atoms with van der Waals surface area (Å²) in [6, 6.07) is 10.1. The average molecular weight is 148 g/mol.